The van der Waals surface area contributed by atoms with E-state index >= 15 is 0 Å². The van der Waals surface area contributed by atoms with Crippen LogP contribution in [0.4, 0.5) is 5.69 Å². The highest BCUT2D eigenvalue weighted by molar-refractivity contribution is 6.68. The van der Waals surface area contributed by atoms with E-state index in [1.807, 2.05) is 13.8 Å². The van der Waals surface area contributed by atoms with Crippen LogP contribution in [-0.2, 0) is 0 Å². The van der Waals surface area contributed by atoms with Gasteiger partial charge in [0.1, 0.15) is 6.17 Å². The summed E-state index contributed by atoms with van der Waals surface area (Å²) in [5.41, 5.74) is -0.0541. The van der Waals surface area contributed by atoms with Gasteiger partial charge in [0.05, 0.1) is 4.92 Å². The third-order valence-corrected chi connectivity index (χ3v) is 3.69. The first-order valence-corrected chi connectivity index (χ1v) is 7.70. The zero-order valence-electron chi connectivity index (χ0n) is 12.1. The van der Waals surface area contributed by atoms with Gasteiger partial charge in [0.2, 0.25) is 3.79 Å². The molecule has 1 amide bonds. The monoisotopic (exact) mass is 367 g/mol. The van der Waals surface area contributed by atoms with Crippen LogP contribution in [0.2, 0.25) is 0 Å². The van der Waals surface area contributed by atoms with Crippen molar-refractivity contribution >= 4 is 46.4 Å². The summed E-state index contributed by atoms with van der Waals surface area (Å²) in [6.07, 6.45) is -0.848. The fourth-order valence-electron chi connectivity index (χ4n) is 1.94. The summed E-state index contributed by atoms with van der Waals surface area (Å²) in [6, 6.07) is 5.36. The Hall–Kier alpha value is -1.08. The Balaban J connectivity index is 3.01. The summed E-state index contributed by atoms with van der Waals surface area (Å²) in [5, 5.41) is 13.4. The summed E-state index contributed by atoms with van der Waals surface area (Å²) in [4.78, 5) is 24.2. The first kappa shape index (κ1) is 19.0. The maximum atomic E-state index is 12.3. The van der Waals surface area contributed by atoms with Gasteiger partial charge in [-0.3, -0.25) is 19.8 Å². The van der Waals surface area contributed by atoms with Gasteiger partial charge in [-0.1, -0.05) is 54.7 Å². The number of alkyl halides is 3. The van der Waals surface area contributed by atoms with Crippen molar-refractivity contribution in [1.29, 1.82) is 0 Å². The smallest absolute Gasteiger partial charge is 0.270 e. The second kappa shape index (κ2) is 7.97. The van der Waals surface area contributed by atoms with Crippen LogP contribution in [-0.4, -0.2) is 38.8 Å². The average Bonchev–Trinajstić information content (AvgIpc) is 2.46. The molecule has 6 nitrogen and oxygen atoms in total. The molecule has 0 bridgehead atoms. The van der Waals surface area contributed by atoms with Crippen LogP contribution in [0, 0.1) is 10.1 Å². The number of nitrogens with zero attached hydrogens (tertiary/aromatic N) is 2. The van der Waals surface area contributed by atoms with Gasteiger partial charge in [-0.2, -0.15) is 0 Å². The van der Waals surface area contributed by atoms with E-state index in [-0.39, 0.29) is 11.3 Å². The molecule has 0 aromatic heterocycles. The van der Waals surface area contributed by atoms with Crippen molar-refractivity contribution in [2.75, 3.05) is 13.1 Å². The minimum absolute atomic E-state index is 0.126. The Labute approximate surface area is 143 Å². The molecule has 1 atom stereocenters. The third-order valence-electron chi connectivity index (χ3n) is 3.07. The van der Waals surface area contributed by atoms with Gasteiger partial charge in [-0.25, -0.2) is 0 Å². The van der Waals surface area contributed by atoms with E-state index in [9.17, 15) is 14.9 Å². The van der Waals surface area contributed by atoms with E-state index in [0.29, 0.717) is 13.1 Å². The highest BCUT2D eigenvalue weighted by Crippen LogP contribution is 2.32. The van der Waals surface area contributed by atoms with Gasteiger partial charge < -0.3 is 5.32 Å². The summed E-state index contributed by atoms with van der Waals surface area (Å²) in [7, 11) is 0. The fourth-order valence-corrected chi connectivity index (χ4v) is 2.51. The Morgan fingerprint density at radius 3 is 2.41 bits per heavy atom. The number of non-ortho nitro benzene ring substituents is 1. The number of rotatable bonds is 6. The van der Waals surface area contributed by atoms with Crippen molar-refractivity contribution in [3.8, 4) is 0 Å². The van der Waals surface area contributed by atoms with E-state index in [2.05, 4.69) is 5.32 Å². The third kappa shape index (κ3) is 4.98. The van der Waals surface area contributed by atoms with Gasteiger partial charge in [0.25, 0.3) is 11.6 Å². The second-order valence-corrected chi connectivity index (χ2v) is 6.82. The number of halogens is 3. The molecule has 0 saturated heterocycles. The Kier molecular flexibility index (Phi) is 6.87. The summed E-state index contributed by atoms with van der Waals surface area (Å²) < 4.78 is -1.73. The normalized spacial score (nSPS) is 13.0. The standard InChI is InChI=1S/C13H16Cl3N3O3/c1-3-18(4-2)12(13(14,15)16)17-11(20)9-6-5-7-10(8-9)19(21)22/h5-8,12H,3-4H2,1-2H3,(H,17,20)/t12-/m1/s1. The molecule has 1 rings (SSSR count). The second-order valence-electron chi connectivity index (χ2n) is 4.45. The number of amides is 1. The molecular formula is C13H16Cl3N3O3. The van der Waals surface area contributed by atoms with Crippen LogP contribution in [0.3, 0.4) is 0 Å². The van der Waals surface area contributed by atoms with Crippen molar-refractivity contribution in [3.63, 3.8) is 0 Å². The van der Waals surface area contributed by atoms with Crippen LogP contribution >= 0.6 is 34.8 Å². The van der Waals surface area contributed by atoms with Gasteiger partial charge in [-0.15, -0.1) is 0 Å². The maximum Gasteiger partial charge on any atom is 0.270 e. The molecule has 0 aliphatic rings. The van der Waals surface area contributed by atoms with Crippen molar-refractivity contribution < 1.29 is 9.72 Å². The molecule has 0 aliphatic heterocycles. The summed E-state index contributed by atoms with van der Waals surface area (Å²) in [6.45, 7) is 4.85. The van der Waals surface area contributed by atoms with Crippen LogP contribution in [0.1, 0.15) is 24.2 Å². The number of nitro benzene ring substituents is 1. The Morgan fingerprint density at radius 2 is 1.95 bits per heavy atom. The number of hydrogen-bond donors (Lipinski definition) is 1. The van der Waals surface area contributed by atoms with Gasteiger partial charge in [0, 0.05) is 17.7 Å². The van der Waals surface area contributed by atoms with E-state index in [1.54, 1.807) is 4.90 Å². The highest BCUT2D eigenvalue weighted by Gasteiger charge is 2.37. The van der Waals surface area contributed by atoms with Gasteiger partial charge >= 0.3 is 0 Å². The molecule has 1 aromatic rings. The van der Waals surface area contributed by atoms with Crippen molar-refractivity contribution in [3.05, 3.63) is 39.9 Å². The van der Waals surface area contributed by atoms with Crippen LogP contribution < -0.4 is 5.32 Å². The Bertz CT molecular complexity index is 545. The van der Waals surface area contributed by atoms with Crippen LogP contribution in [0.5, 0.6) is 0 Å². The maximum absolute atomic E-state index is 12.3. The molecule has 1 N–H and O–H groups in total. The van der Waals surface area contributed by atoms with Crippen molar-refractivity contribution in [2.24, 2.45) is 0 Å². The lowest BCUT2D eigenvalue weighted by atomic mass is 10.2. The summed E-state index contributed by atoms with van der Waals surface area (Å²) in [5.74, 6) is -0.549. The van der Waals surface area contributed by atoms with E-state index in [0.717, 1.165) is 0 Å². The molecular weight excluding hydrogens is 353 g/mol. The first-order valence-electron chi connectivity index (χ1n) is 6.56. The predicted molar refractivity (Wildman–Crippen MR) is 87.6 cm³/mol. The van der Waals surface area contributed by atoms with Gasteiger partial charge in [0.15, 0.2) is 0 Å². The van der Waals surface area contributed by atoms with Crippen molar-refractivity contribution in [1.82, 2.24) is 10.2 Å². The zero-order chi connectivity index (χ0) is 16.9. The first-order chi connectivity index (χ1) is 10.2. The number of nitrogens with one attached hydrogen (secondary N) is 1. The average molecular weight is 369 g/mol. The number of carbonyl (C=O) groups excluding carboxylic acids is 1. The molecule has 0 aliphatic carbocycles. The molecule has 0 heterocycles. The molecule has 0 unspecified atom stereocenters. The zero-order valence-corrected chi connectivity index (χ0v) is 14.3. The minimum atomic E-state index is -1.73. The molecule has 1 aromatic carbocycles. The van der Waals surface area contributed by atoms with Gasteiger partial charge in [-0.05, 0) is 19.2 Å². The lowest BCUT2D eigenvalue weighted by Gasteiger charge is -2.34. The quantitative estimate of drug-likeness (QED) is 0.361. The SMILES string of the molecule is CCN(CC)[C@@H](NC(=O)c1cccc([N+](=O)[O-])c1)C(Cl)(Cl)Cl. The fraction of sp³-hybridized carbons (Fsp3) is 0.462. The number of nitro groups is 1. The molecule has 0 fully saturated rings. The number of carbonyl (C=O) groups is 1. The Morgan fingerprint density at radius 1 is 1.36 bits per heavy atom. The van der Waals surface area contributed by atoms with E-state index < -0.39 is 20.8 Å². The van der Waals surface area contributed by atoms with Crippen LogP contribution in [0.25, 0.3) is 0 Å². The predicted octanol–water partition coefficient (Wildman–Crippen LogP) is 3.36. The van der Waals surface area contributed by atoms with E-state index in [1.165, 1.54) is 24.3 Å². The number of benzene rings is 1. The minimum Gasteiger partial charge on any atom is -0.332 e. The number of hydrogen-bond acceptors (Lipinski definition) is 4. The topological polar surface area (TPSA) is 75.5 Å². The van der Waals surface area contributed by atoms with E-state index in [4.69, 9.17) is 34.8 Å². The largest absolute Gasteiger partial charge is 0.332 e. The lowest BCUT2D eigenvalue weighted by molar-refractivity contribution is -0.384. The molecule has 122 valence electrons. The van der Waals surface area contributed by atoms with Crippen LogP contribution in [0.15, 0.2) is 24.3 Å². The lowest BCUT2D eigenvalue weighted by Crippen LogP contribution is -2.55. The molecule has 0 radical (unpaired) electrons. The molecule has 9 heteroatoms. The van der Waals surface area contributed by atoms with Crippen molar-refractivity contribution in [2.45, 2.75) is 23.8 Å². The molecule has 22 heavy (non-hydrogen) atoms. The molecule has 0 saturated carbocycles. The summed E-state index contributed by atoms with van der Waals surface area (Å²) >= 11 is 17.8. The molecule has 0 spiro atoms. The highest BCUT2D eigenvalue weighted by atomic mass is 35.6.